The number of rotatable bonds is 4. The minimum Gasteiger partial charge on any atom is -0.349 e. The van der Waals surface area contributed by atoms with E-state index < -0.39 is 36.8 Å². The van der Waals surface area contributed by atoms with E-state index >= 15 is 0 Å². The Labute approximate surface area is 118 Å². The fourth-order valence-corrected chi connectivity index (χ4v) is 1.54. The first-order valence-corrected chi connectivity index (χ1v) is 5.97. The van der Waals surface area contributed by atoms with E-state index in [9.17, 15) is 31.1 Å². The van der Waals surface area contributed by atoms with Crippen LogP contribution < -0.4 is 5.32 Å². The first-order valence-electron chi connectivity index (χ1n) is 5.18. The Morgan fingerprint density at radius 3 is 2.30 bits per heavy atom. The van der Waals surface area contributed by atoms with Crippen molar-refractivity contribution >= 4 is 21.8 Å². The molecule has 0 aliphatic rings. The summed E-state index contributed by atoms with van der Waals surface area (Å²) in [6.07, 6.45) is -6.38. The third-order valence-corrected chi connectivity index (χ3v) is 2.78. The van der Waals surface area contributed by atoms with Crippen molar-refractivity contribution in [1.82, 2.24) is 5.32 Å². The van der Waals surface area contributed by atoms with E-state index in [2.05, 4.69) is 15.9 Å². The Balaban J connectivity index is 2.61. The van der Waals surface area contributed by atoms with Crippen molar-refractivity contribution in [1.29, 1.82) is 0 Å². The number of carbonyl (C=O) groups excluding carboxylic acids is 1. The maximum atomic E-state index is 13.3. The summed E-state index contributed by atoms with van der Waals surface area (Å²) in [4.78, 5) is 11.2. The molecular formula is C11H8BrF6NO. The van der Waals surface area contributed by atoms with Crippen molar-refractivity contribution in [3.8, 4) is 0 Å². The minimum absolute atomic E-state index is 0.110. The number of hydrogen-bond acceptors (Lipinski definition) is 1. The zero-order chi connectivity index (χ0) is 15.6. The van der Waals surface area contributed by atoms with Crippen LogP contribution in [-0.2, 0) is 11.2 Å². The molecule has 0 radical (unpaired) electrons. The summed E-state index contributed by atoms with van der Waals surface area (Å²) in [6, 6.07) is 3.68. The average molecular weight is 364 g/mol. The topological polar surface area (TPSA) is 29.1 Å². The van der Waals surface area contributed by atoms with Gasteiger partial charge in [-0.3, -0.25) is 4.79 Å². The van der Waals surface area contributed by atoms with Crippen LogP contribution in [0.15, 0.2) is 22.7 Å². The number of carbonyl (C=O) groups is 1. The molecule has 9 heteroatoms. The van der Waals surface area contributed by atoms with Crippen molar-refractivity contribution in [2.24, 2.45) is 0 Å². The molecule has 0 saturated carbocycles. The third kappa shape index (κ3) is 4.39. The van der Waals surface area contributed by atoms with E-state index in [0.717, 1.165) is 6.07 Å². The van der Waals surface area contributed by atoms with Gasteiger partial charge in [0, 0.05) is 4.47 Å². The van der Waals surface area contributed by atoms with Crippen LogP contribution >= 0.6 is 15.9 Å². The molecule has 0 atom stereocenters. The van der Waals surface area contributed by atoms with Gasteiger partial charge < -0.3 is 5.32 Å². The van der Waals surface area contributed by atoms with Crippen molar-refractivity contribution in [3.05, 3.63) is 34.1 Å². The van der Waals surface area contributed by atoms with Gasteiger partial charge in [0.25, 0.3) is 0 Å². The molecule has 20 heavy (non-hydrogen) atoms. The molecule has 1 N–H and O–H groups in total. The lowest BCUT2D eigenvalue weighted by molar-refractivity contribution is -0.278. The maximum Gasteiger partial charge on any atom is 0.455 e. The average Bonchev–Trinajstić information content (AvgIpc) is 2.29. The summed E-state index contributed by atoms with van der Waals surface area (Å²) in [6.45, 7) is -1.88. The minimum atomic E-state index is -5.75. The summed E-state index contributed by atoms with van der Waals surface area (Å²) in [5.41, 5.74) is -0.110. The van der Waals surface area contributed by atoms with Crippen LogP contribution in [-0.4, -0.2) is 24.6 Å². The lowest BCUT2D eigenvalue weighted by atomic mass is 10.1. The van der Waals surface area contributed by atoms with Crippen LogP contribution in [0.5, 0.6) is 0 Å². The number of benzene rings is 1. The first kappa shape index (κ1) is 16.8. The number of nitrogens with one attached hydrogen (secondary N) is 1. The molecular weight excluding hydrogens is 356 g/mol. The van der Waals surface area contributed by atoms with Gasteiger partial charge in [-0.25, -0.2) is 4.39 Å². The standard InChI is InChI=1S/C11H8BrF6NO/c12-7-2-1-6(8(13)4-7)3-9(20)19-5-10(14,15)11(16,17)18/h1-2,4H,3,5H2,(H,19,20). The van der Waals surface area contributed by atoms with Crippen LogP contribution in [0.1, 0.15) is 5.56 Å². The Hall–Kier alpha value is -1.25. The summed E-state index contributed by atoms with van der Waals surface area (Å²) >= 11 is 2.98. The zero-order valence-electron chi connectivity index (χ0n) is 9.70. The van der Waals surface area contributed by atoms with Crippen molar-refractivity contribution in [2.75, 3.05) is 6.54 Å². The van der Waals surface area contributed by atoms with E-state index in [1.54, 1.807) is 0 Å². The smallest absolute Gasteiger partial charge is 0.349 e. The van der Waals surface area contributed by atoms with Gasteiger partial charge in [0.1, 0.15) is 5.82 Å². The number of alkyl halides is 5. The fraction of sp³-hybridized carbons (Fsp3) is 0.364. The second-order valence-corrected chi connectivity index (χ2v) is 4.81. The molecule has 112 valence electrons. The second-order valence-electron chi connectivity index (χ2n) is 3.89. The van der Waals surface area contributed by atoms with Crippen LogP contribution in [0, 0.1) is 5.82 Å². The maximum absolute atomic E-state index is 13.3. The molecule has 0 bridgehead atoms. The number of halogens is 7. The normalized spacial score (nSPS) is 12.3. The number of hydrogen-bond donors (Lipinski definition) is 1. The van der Waals surface area contributed by atoms with Gasteiger partial charge in [-0.1, -0.05) is 22.0 Å². The van der Waals surface area contributed by atoms with E-state index in [-0.39, 0.29) is 5.56 Å². The Morgan fingerprint density at radius 2 is 1.80 bits per heavy atom. The third-order valence-electron chi connectivity index (χ3n) is 2.29. The van der Waals surface area contributed by atoms with Gasteiger partial charge >= 0.3 is 12.1 Å². The van der Waals surface area contributed by atoms with E-state index in [1.165, 1.54) is 17.4 Å². The van der Waals surface area contributed by atoms with Crippen molar-refractivity contribution in [2.45, 2.75) is 18.5 Å². The molecule has 0 aliphatic heterocycles. The molecule has 0 fully saturated rings. The predicted octanol–water partition coefficient (Wildman–Crippen LogP) is 3.44. The Morgan fingerprint density at radius 1 is 1.20 bits per heavy atom. The van der Waals surface area contributed by atoms with Gasteiger partial charge in [-0.15, -0.1) is 0 Å². The van der Waals surface area contributed by atoms with Crippen molar-refractivity contribution < 1.29 is 31.1 Å². The second kappa shape index (κ2) is 6.02. The molecule has 1 aromatic carbocycles. The summed E-state index contributed by atoms with van der Waals surface area (Å²) < 4.78 is 74.4. The van der Waals surface area contributed by atoms with E-state index in [4.69, 9.17) is 0 Å². The highest BCUT2D eigenvalue weighted by atomic mass is 79.9. The lowest BCUT2D eigenvalue weighted by Gasteiger charge is -2.19. The lowest BCUT2D eigenvalue weighted by Crippen LogP contribution is -2.47. The molecule has 0 heterocycles. The van der Waals surface area contributed by atoms with Gasteiger partial charge in [-0.05, 0) is 17.7 Å². The highest BCUT2D eigenvalue weighted by Crippen LogP contribution is 2.34. The Kier molecular flexibility index (Phi) is 5.06. The first-order chi connectivity index (χ1) is 9.03. The quantitative estimate of drug-likeness (QED) is 0.815. The summed E-state index contributed by atoms with van der Waals surface area (Å²) in [5, 5.41) is 1.43. The summed E-state index contributed by atoms with van der Waals surface area (Å²) in [5.74, 6) is -6.92. The van der Waals surface area contributed by atoms with Crippen molar-refractivity contribution in [3.63, 3.8) is 0 Å². The number of amides is 1. The van der Waals surface area contributed by atoms with Crippen LogP contribution in [0.3, 0.4) is 0 Å². The monoisotopic (exact) mass is 363 g/mol. The fourth-order valence-electron chi connectivity index (χ4n) is 1.21. The molecule has 0 spiro atoms. The van der Waals surface area contributed by atoms with E-state index in [0.29, 0.717) is 4.47 Å². The molecule has 1 rings (SSSR count). The van der Waals surface area contributed by atoms with Gasteiger partial charge in [0.2, 0.25) is 5.91 Å². The largest absolute Gasteiger partial charge is 0.455 e. The highest BCUT2D eigenvalue weighted by Gasteiger charge is 2.57. The van der Waals surface area contributed by atoms with Crippen LogP contribution in [0.4, 0.5) is 26.3 Å². The molecule has 0 aromatic heterocycles. The van der Waals surface area contributed by atoms with Gasteiger partial charge in [0.15, 0.2) is 0 Å². The predicted molar refractivity (Wildman–Crippen MR) is 61.8 cm³/mol. The molecule has 0 aliphatic carbocycles. The van der Waals surface area contributed by atoms with Gasteiger partial charge in [-0.2, -0.15) is 22.0 Å². The SMILES string of the molecule is O=C(Cc1ccc(Br)cc1F)NCC(F)(F)C(F)(F)F. The zero-order valence-corrected chi connectivity index (χ0v) is 11.3. The molecule has 0 saturated heterocycles. The molecule has 2 nitrogen and oxygen atoms in total. The Bertz CT molecular complexity index is 502. The highest BCUT2D eigenvalue weighted by molar-refractivity contribution is 9.10. The molecule has 0 unspecified atom stereocenters. The molecule has 1 amide bonds. The molecule has 1 aromatic rings. The van der Waals surface area contributed by atoms with Gasteiger partial charge in [0.05, 0.1) is 13.0 Å². The van der Waals surface area contributed by atoms with E-state index in [1.807, 2.05) is 0 Å². The van der Waals surface area contributed by atoms with Crippen LogP contribution in [0.2, 0.25) is 0 Å². The summed E-state index contributed by atoms with van der Waals surface area (Å²) in [7, 11) is 0. The van der Waals surface area contributed by atoms with Crippen LogP contribution in [0.25, 0.3) is 0 Å².